The Hall–Kier alpha value is -1.00. The Labute approximate surface area is 191 Å². The number of rotatable bonds is 9. The number of carbonyl (C=O) groups excluding carboxylic acids is 1. The second kappa shape index (κ2) is 11.2. The minimum Gasteiger partial charge on any atom is -0.379 e. The van der Waals surface area contributed by atoms with Gasteiger partial charge in [-0.15, -0.1) is 11.3 Å². The first kappa shape index (κ1) is 24.6. The fourth-order valence-electron chi connectivity index (χ4n) is 4.74. The maximum atomic E-state index is 13.0. The maximum absolute atomic E-state index is 13.0. The van der Waals surface area contributed by atoms with Gasteiger partial charge in [0.05, 0.1) is 19.1 Å². The zero-order valence-electron chi connectivity index (χ0n) is 19.0. The number of sulfonamides is 1. The Morgan fingerprint density at radius 2 is 1.94 bits per heavy atom. The van der Waals surface area contributed by atoms with E-state index in [9.17, 15) is 13.2 Å². The third-order valence-corrected chi connectivity index (χ3v) is 9.99. The van der Waals surface area contributed by atoms with Crippen LogP contribution in [0.15, 0.2) is 16.3 Å². The van der Waals surface area contributed by atoms with E-state index >= 15 is 0 Å². The molecule has 31 heavy (non-hydrogen) atoms. The molecule has 2 aliphatic rings. The molecule has 3 rings (SSSR count). The van der Waals surface area contributed by atoms with Gasteiger partial charge in [-0.05, 0) is 37.8 Å². The third kappa shape index (κ3) is 6.07. The van der Waals surface area contributed by atoms with Gasteiger partial charge in [0.2, 0.25) is 5.91 Å². The van der Waals surface area contributed by atoms with Crippen molar-refractivity contribution in [3.63, 3.8) is 0 Å². The molecule has 0 spiro atoms. The van der Waals surface area contributed by atoms with Crippen LogP contribution >= 0.6 is 11.3 Å². The van der Waals surface area contributed by atoms with Gasteiger partial charge in [-0.1, -0.05) is 26.7 Å². The lowest BCUT2D eigenvalue weighted by molar-refractivity contribution is -0.126. The minimum absolute atomic E-state index is 0.0218. The van der Waals surface area contributed by atoms with Gasteiger partial charge in [0.15, 0.2) is 0 Å². The average Bonchev–Trinajstić information content (AvgIpc) is 3.24. The molecule has 1 N–H and O–H groups in total. The standard InChI is InChI=1S/C22H37N3O4S2/c1-4-18(5-2)20(24-11-13-29-14-12-24)15-23-22(26)19-7-6-10-25(16-19)31(27,28)21-9-8-17(3)30-21/h8-9,18-20H,4-7,10-16H2,1-3H3,(H,23,26)/t19-,20-/m0/s1. The molecule has 0 bridgehead atoms. The van der Waals surface area contributed by atoms with E-state index in [0.717, 1.165) is 50.4 Å². The third-order valence-electron chi connectivity index (χ3n) is 6.66. The first-order chi connectivity index (χ1) is 14.9. The molecule has 2 fully saturated rings. The molecule has 2 aliphatic heterocycles. The Kier molecular flexibility index (Phi) is 8.92. The molecule has 1 aromatic rings. The molecule has 2 atom stereocenters. The Morgan fingerprint density at radius 1 is 1.23 bits per heavy atom. The van der Waals surface area contributed by atoms with Crippen LogP contribution in [0.3, 0.4) is 0 Å². The Balaban J connectivity index is 1.62. The normalized spacial score (nSPS) is 22.5. The van der Waals surface area contributed by atoms with Crippen molar-refractivity contribution in [2.45, 2.75) is 56.7 Å². The fraction of sp³-hybridized carbons (Fsp3) is 0.773. The summed E-state index contributed by atoms with van der Waals surface area (Å²) in [6.07, 6.45) is 3.59. The largest absolute Gasteiger partial charge is 0.379 e. The summed E-state index contributed by atoms with van der Waals surface area (Å²) in [6.45, 7) is 10.9. The summed E-state index contributed by atoms with van der Waals surface area (Å²) in [4.78, 5) is 16.4. The van der Waals surface area contributed by atoms with E-state index in [-0.39, 0.29) is 18.4 Å². The predicted octanol–water partition coefficient (Wildman–Crippen LogP) is 2.71. The van der Waals surface area contributed by atoms with Crippen molar-refractivity contribution in [2.75, 3.05) is 45.9 Å². The van der Waals surface area contributed by atoms with Gasteiger partial charge in [-0.25, -0.2) is 8.42 Å². The number of amides is 1. The monoisotopic (exact) mass is 471 g/mol. The molecule has 3 heterocycles. The SMILES string of the molecule is CCC(CC)[C@H](CNC(=O)[C@H]1CCCN(S(=O)(=O)c2ccc(C)s2)C1)N1CCOCC1. The highest BCUT2D eigenvalue weighted by Gasteiger charge is 2.35. The molecule has 176 valence electrons. The summed E-state index contributed by atoms with van der Waals surface area (Å²) >= 11 is 1.29. The number of thiophene rings is 1. The summed E-state index contributed by atoms with van der Waals surface area (Å²) in [5, 5.41) is 3.17. The van der Waals surface area contributed by atoms with Crippen LogP contribution < -0.4 is 5.32 Å². The summed E-state index contributed by atoms with van der Waals surface area (Å²) < 4.78 is 33.4. The average molecular weight is 472 g/mol. The molecule has 0 aliphatic carbocycles. The zero-order valence-corrected chi connectivity index (χ0v) is 20.6. The van der Waals surface area contributed by atoms with Gasteiger partial charge in [-0.3, -0.25) is 9.69 Å². The van der Waals surface area contributed by atoms with Gasteiger partial charge < -0.3 is 10.1 Å². The van der Waals surface area contributed by atoms with Crippen LogP contribution in [0, 0.1) is 18.8 Å². The minimum atomic E-state index is -3.53. The number of aryl methyl sites for hydroxylation is 1. The summed E-state index contributed by atoms with van der Waals surface area (Å²) in [7, 11) is -3.53. The van der Waals surface area contributed by atoms with Crippen LogP contribution in [0.1, 0.15) is 44.4 Å². The highest BCUT2D eigenvalue weighted by molar-refractivity contribution is 7.91. The van der Waals surface area contributed by atoms with Gasteiger partial charge >= 0.3 is 0 Å². The van der Waals surface area contributed by atoms with Crippen LogP contribution in [0.25, 0.3) is 0 Å². The number of morpholine rings is 1. The smallest absolute Gasteiger partial charge is 0.252 e. The molecular formula is C22H37N3O4S2. The summed E-state index contributed by atoms with van der Waals surface area (Å²) in [5.41, 5.74) is 0. The molecule has 0 saturated carbocycles. The second-order valence-corrected chi connectivity index (χ2v) is 12.1. The highest BCUT2D eigenvalue weighted by atomic mass is 32.2. The number of nitrogens with one attached hydrogen (secondary N) is 1. The molecule has 1 amide bonds. The number of carbonyl (C=O) groups is 1. The molecule has 0 radical (unpaired) electrons. The number of nitrogens with zero attached hydrogens (tertiary/aromatic N) is 2. The first-order valence-electron chi connectivity index (χ1n) is 11.5. The van der Waals surface area contributed by atoms with Crippen molar-refractivity contribution in [3.8, 4) is 0 Å². The van der Waals surface area contributed by atoms with E-state index in [4.69, 9.17) is 4.74 Å². The van der Waals surface area contributed by atoms with E-state index in [1.807, 2.05) is 13.0 Å². The number of ether oxygens (including phenoxy) is 1. The molecule has 0 unspecified atom stereocenters. The van der Waals surface area contributed by atoms with Crippen molar-refractivity contribution in [2.24, 2.45) is 11.8 Å². The van der Waals surface area contributed by atoms with Crippen molar-refractivity contribution < 1.29 is 17.9 Å². The Morgan fingerprint density at radius 3 is 2.55 bits per heavy atom. The zero-order chi connectivity index (χ0) is 22.4. The predicted molar refractivity (Wildman–Crippen MR) is 124 cm³/mol. The quantitative estimate of drug-likeness (QED) is 0.599. The number of hydrogen-bond donors (Lipinski definition) is 1. The van der Waals surface area contributed by atoms with Crippen molar-refractivity contribution in [1.29, 1.82) is 0 Å². The molecule has 2 saturated heterocycles. The van der Waals surface area contributed by atoms with Crippen LogP contribution in [-0.4, -0.2) is 75.5 Å². The van der Waals surface area contributed by atoms with E-state index in [0.29, 0.717) is 35.7 Å². The summed E-state index contributed by atoms with van der Waals surface area (Å²) in [6, 6.07) is 3.79. The lowest BCUT2D eigenvalue weighted by Crippen LogP contribution is -2.53. The highest BCUT2D eigenvalue weighted by Crippen LogP contribution is 2.28. The van der Waals surface area contributed by atoms with E-state index in [1.165, 1.54) is 15.6 Å². The summed E-state index contributed by atoms with van der Waals surface area (Å²) in [5.74, 6) is 0.201. The lowest BCUT2D eigenvalue weighted by atomic mass is 9.92. The molecule has 0 aromatic carbocycles. The van der Waals surface area contributed by atoms with Crippen LogP contribution in [0.2, 0.25) is 0 Å². The first-order valence-corrected chi connectivity index (χ1v) is 13.8. The van der Waals surface area contributed by atoms with E-state index < -0.39 is 10.0 Å². The van der Waals surface area contributed by atoms with Crippen LogP contribution in [-0.2, 0) is 19.6 Å². The molecular weight excluding hydrogens is 434 g/mol. The molecule has 7 nitrogen and oxygen atoms in total. The second-order valence-electron chi connectivity index (χ2n) is 8.60. The number of piperidine rings is 1. The van der Waals surface area contributed by atoms with E-state index in [1.54, 1.807) is 6.07 Å². The van der Waals surface area contributed by atoms with Crippen LogP contribution in [0.4, 0.5) is 0 Å². The van der Waals surface area contributed by atoms with Gasteiger partial charge in [-0.2, -0.15) is 4.31 Å². The maximum Gasteiger partial charge on any atom is 0.252 e. The van der Waals surface area contributed by atoms with Gasteiger partial charge in [0.25, 0.3) is 10.0 Å². The van der Waals surface area contributed by atoms with Gasteiger partial charge in [0, 0.05) is 43.6 Å². The van der Waals surface area contributed by atoms with Crippen molar-refractivity contribution in [1.82, 2.24) is 14.5 Å². The Bertz CT molecular complexity index is 816. The molecule has 1 aromatic heterocycles. The van der Waals surface area contributed by atoms with Crippen molar-refractivity contribution in [3.05, 3.63) is 17.0 Å². The fourth-order valence-corrected chi connectivity index (χ4v) is 7.70. The van der Waals surface area contributed by atoms with Crippen LogP contribution in [0.5, 0.6) is 0 Å². The molecule has 9 heteroatoms. The number of hydrogen-bond acceptors (Lipinski definition) is 6. The topological polar surface area (TPSA) is 79.0 Å². The van der Waals surface area contributed by atoms with Gasteiger partial charge in [0.1, 0.15) is 4.21 Å². The lowest BCUT2D eigenvalue weighted by Gasteiger charge is -2.39. The van der Waals surface area contributed by atoms with E-state index in [2.05, 4.69) is 24.1 Å². The van der Waals surface area contributed by atoms with Crippen molar-refractivity contribution >= 4 is 27.3 Å².